The van der Waals surface area contributed by atoms with Gasteiger partial charge in [-0.1, -0.05) is 12.1 Å². The zero-order valence-electron chi connectivity index (χ0n) is 14.5. The van der Waals surface area contributed by atoms with Gasteiger partial charge in [0.2, 0.25) is 11.8 Å². The fourth-order valence-electron chi connectivity index (χ4n) is 2.51. The second kappa shape index (κ2) is 10.5. The third-order valence-electron chi connectivity index (χ3n) is 3.89. The number of aliphatic carboxylic acids is 1. The lowest BCUT2D eigenvalue weighted by Gasteiger charge is -2.22. The Morgan fingerprint density at radius 2 is 1.81 bits per heavy atom. The molecular formula is C18H24N2O6. The smallest absolute Gasteiger partial charge is 0.322 e. The number of rotatable bonds is 9. The zero-order valence-corrected chi connectivity index (χ0v) is 14.5. The highest BCUT2D eigenvalue weighted by molar-refractivity contribution is 5.90. The number of anilines is 1. The van der Waals surface area contributed by atoms with Gasteiger partial charge in [-0.3, -0.25) is 14.4 Å². The molecule has 8 nitrogen and oxygen atoms in total. The Labute approximate surface area is 151 Å². The van der Waals surface area contributed by atoms with Crippen molar-refractivity contribution in [1.82, 2.24) is 5.32 Å². The van der Waals surface area contributed by atoms with Gasteiger partial charge in [0.15, 0.2) is 0 Å². The predicted molar refractivity (Wildman–Crippen MR) is 93.8 cm³/mol. The number of carbonyl (C=O) groups is 3. The van der Waals surface area contributed by atoms with Gasteiger partial charge in [0.25, 0.3) is 0 Å². The molecular weight excluding hydrogens is 340 g/mol. The highest BCUT2D eigenvalue weighted by atomic mass is 16.5. The molecule has 2 rings (SSSR count). The molecule has 1 aromatic rings. The summed E-state index contributed by atoms with van der Waals surface area (Å²) in [7, 11) is 0. The van der Waals surface area contributed by atoms with Crippen molar-refractivity contribution < 1.29 is 29.0 Å². The lowest BCUT2D eigenvalue weighted by atomic mass is 10.1. The summed E-state index contributed by atoms with van der Waals surface area (Å²) in [5, 5.41) is 13.6. The average molecular weight is 364 g/mol. The summed E-state index contributed by atoms with van der Waals surface area (Å²) in [6.45, 7) is 1.39. The summed E-state index contributed by atoms with van der Waals surface area (Å²) in [5.41, 5.74) is 1.37. The third-order valence-corrected chi connectivity index (χ3v) is 3.89. The lowest BCUT2D eigenvalue weighted by molar-refractivity contribution is -0.137. The summed E-state index contributed by atoms with van der Waals surface area (Å²) < 4.78 is 10.9. The van der Waals surface area contributed by atoms with E-state index in [9.17, 15) is 14.4 Å². The Kier molecular flexibility index (Phi) is 8.04. The van der Waals surface area contributed by atoms with Gasteiger partial charge in [-0.05, 0) is 30.5 Å². The Morgan fingerprint density at radius 3 is 2.46 bits per heavy atom. The summed E-state index contributed by atoms with van der Waals surface area (Å²) in [5.74, 6) is -1.59. The molecule has 1 fully saturated rings. The summed E-state index contributed by atoms with van der Waals surface area (Å²) in [6.07, 6.45) is 2.26. The quantitative estimate of drug-likeness (QED) is 0.601. The van der Waals surface area contributed by atoms with Crippen molar-refractivity contribution in [3.05, 3.63) is 29.8 Å². The second-order valence-corrected chi connectivity index (χ2v) is 6.02. The first-order valence-electron chi connectivity index (χ1n) is 8.59. The molecule has 0 bridgehead atoms. The maximum atomic E-state index is 11.9. The van der Waals surface area contributed by atoms with Crippen LogP contribution in [-0.2, 0) is 30.3 Å². The first-order chi connectivity index (χ1) is 12.5. The minimum absolute atomic E-state index is 0.0838. The highest BCUT2D eigenvalue weighted by Gasteiger charge is 2.14. The van der Waals surface area contributed by atoms with Crippen molar-refractivity contribution in [3.8, 4) is 0 Å². The Morgan fingerprint density at radius 1 is 1.12 bits per heavy atom. The fraction of sp³-hybridized carbons (Fsp3) is 0.500. The van der Waals surface area contributed by atoms with E-state index >= 15 is 0 Å². The van der Waals surface area contributed by atoms with Crippen LogP contribution in [0.25, 0.3) is 0 Å². The molecule has 1 aliphatic rings. The van der Waals surface area contributed by atoms with E-state index in [0.717, 1.165) is 18.4 Å². The number of nitrogens with one attached hydrogen (secondary N) is 2. The normalized spacial score (nSPS) is 14.6. The van der Waals surface area contributed by atoms with Gasteiger partial charge in [-0.25, -0.2) is 0 Å². The largest absolute Gasteiger partial charge is 0.480 e. The molecule has 1 heterocycles. The van der Waals surface area contributed by atoms with E-state index in [0.29, 0.717) is 25.5 Å². The molecule has 0 radical (unpaired) electrons. The van der Waals surface area contributed by atoms with Gasteiger partial charge in [-0.15, -0.1) is 0 Å². The number of amides is 2. The van der Waals surface area contributed by atoms with Gasteiger partial charge in [0, 0.05) is 18.9 Å². The fourth-order valence-corrected chi connectivity index (χ4v) is 2.51. The molecule has 2 amide bonds. The Hall–Kier alpha value is -2.45. The Balaban J connectivity index is 1.67. The van der Waals surface area contributed by atoms with Crippen LogP contribution in [0.4, 0.5) is 5.69 Å². The molecule has 1 aliphatic heterocycles. The molecule has 1 saturated heterocycles. The number of carboxylic acids is 1. The summed E-state index contributed by atoms with van der Waals surface area (Å²) >= 11 is 0. The van der Waals surface area contributed by atoms with E-state index in [1.165, 1.54) is 0 Å². The minimum Gasteiger partial charge on any atom is -0.480 e. The monoisotopic (exact) mass is 364 g/mol. The molecule has 3 N–H and O–H groups in total. The standard InChI is InChI=1S/C18H24N2O6/c21-16(7-10-26-15-5-8-25-9-6-15)20-14-3-1-13(2-4-14)11-17(22)19-12-18(23)24/h1-4,15H,5-12H2,(H,19,22)(H,20,21)(H,23,24). The van der Waals surface area contributed by atoms with Crippen molar-refractivity contribution in [2.45, 2.75) is 31.8 Å². The topological polar surface area (TPSA) is 114 Å². The average Bonchev–Trinajstić information content (AvgIpc) is 2.62. The van der Waals surface area contributed by atoms with Gasteiger partial charge in [0.05, 0.1) is 25.6 Å². The molecule has 0 saturated carbocycles. The maximum absolute atomic E-state index is 11.9. The number of benzene rings is 1. The van der Waals surface area contributed by atoms with E-state index in [2.05, 4.69) is 10.6 Å². The molecule has 0 aliphatic carbocycles. The molecule has 0 spiro atoms. The Bertz CT molecular complexity index is 611. The zero-order chi connectivity index (χ0) is 18.8. The number of hydrogen-bond donors (Lipinski definition) is 3. The predicted octanol–water partition coefficient (Wildman–Crippen LogP) is 0.954. The molecule has 0 atom stereocenters. The van der Waals surface area contributed by atoms with Crippen LogP contribution in [0, 0.1) is 0 Å². The lowest BCUT2D eigenvalue weighted by Crippen LogP contribution is -2.30. The first kappa shape index (κ1) is 19.9. The van der Waals surface area contributed by atoms with Gasteiger partial charge in [-0.2, -0.15) is 0 Å². The van der Waals surface area contributed by atoms with E-state index in [-0.39, 0.29) is 30.8 Å². The van der Waals surface area contributed by atoms with Crippen LogP contribution in [-0.4, -0.2) is 55.4 Å². The van der Waals surface area contributed by atoms with Crippen LogP contribution in [0.3, 0.4) is 0 Å². The molecule has 1 aromatic carbocycles. The highest BCUT2D eigenvalue weighted by Crippen LogP contribution is 2.12. The van der Waals surface area contributed by atoms with Crippen molar-refractivity contribution in [2.24, 2.45) is 0 Å². The number of carboxylic acid groups (broad SMARTS) is 1. The van der Waals surface area contributed by atoms with E-state index in [1.807, 2.05) is 0 Å². The van der Waals surface area contributed by atoms with Gasteiger partial charge in [0.1, 0.15) is 6.54 Å². The van der Waals surface area contributed by atoms with Crippen LogP contribution in [0.15, 0.2) is 24.3 Å². The number of hydrogen-bond acceptors (Lipinski definition) is 5. The van der Waals surface area contributed by atoms with Crippen molar-refractivity contribution in [2.75, 3.05) is 31.7 Å². The third kappa shape index (κ3) is 7.62. The van der Waals surface area contributed by atoms with Crippen molar-refractivity contribution in [3.63, 3.8) is 0 Å². The maximum Gasteiger partial charge on any atom is 0.322 e. The van der Waals surface area contributed by atoms with E-state index in [1.54, 1.807) is 24.3 Å². The van der Waals surface area contributed by atoms with Crippen molar-refractivity contribution in [1.29, 1.82) is 0 Å². The molecule has 0 unspecified atom stereocenters. The second-order valence-electron chi connectivity index (χ2n) is 6.02. The van der Waals surface area contributed by atoms with Gasteiger partial charge < -0.3 is 25.2 Å². The summed E-state index contributed by atoms with van der Waals surface area (Å²) in [6, 6.07) is 6.84. The first-order valence-corrected chi connectivity index (χ1v) is 8.59. The van der Waals surface area contributed by atoms with E-state index < -0.39 is 12.5 Å². The molecule has 142 valence electrons. The number of carbonyl (C=O) groups excluding carboxylic acids is 2. The summed E-state index contributed by atoms with van der Waals surface area (Å²) in [4.78, 5) is 33.9. The molecule has 0 aromatic heterocycles. The van der Waals surface area contributed by atoms with Crippen LogP contribution in [0.1, 0.15) is 24.8 Å². The van der Waals surface area contributed by atoms with Crippen LogP contribution in [0.5, 0.6) is 0 Å². The number of ether oxygens (including phenoxy) is 2. The molecule has 26 heavy (non-hydrogen) atoms. The van der Waals surface area contributed by atoms with Crippen LogP contribution < -0.4 is 10.6 Å². The van der Waals surface area contributed by atoms with Crippen LogP contribution in [0.2, 0.25) is 0 Å². The van der Waals surface area contributed by atoms with Gasteiger partial charge >= 0.3 is 5.97 Å². The van der Waals surface area contributed by atoms with E-state index in [4.69, 9.17) is 14.6 Å². The van der Waals surface area contributed by atoms with Crippen molar-refractivity contribution >= 4 is 23.5 Å². The van der Waals surface area contributed by atoms with Crippen LogP contribution >= 0.6 is 0 Å². The SMILES string of the molecule is O=C(O)CNC(=O)Cc1ccc(NC(=O)CCOC2CCOCC2)cc1. The molecule has 8 heteroatoms. The minimum atomic E-state index is -1.09.